The first-order valence-electron chi connectivity index (χ1n) is 9.77. The number of halogens is 1. The highest BCUT2D eigenvalue weighted by molar-refractivity contribution is 7.22. The van der Waals surface area contributed by atoms with Crippen molar-refractivity contribution in [1.29, 1.82) is 0 Å². The smallest absolute Gasteiger partial charge is 0.220 e. The molecule has 28 heavy (non-hydrogen) atoms. The molecule has 1 aliphatic heterocycles. The maximum atomic E-state index is 14.5. The van der Waals surface area contributed by atoms with Crippen molar-refractivity contribution < 1.29 is 13.9 Å². The molecule has 3 heterocycles. The normalized spacial score (nSPS) is 22.8. The second-order valence-electron chi connectivity index (χ2n) is 7.44. The van der Waals surface area contributed by atoms with Crippen molar-refractivity contribution in [3.8, 4) is 5.88 Å². The molecule has 2 fully saturated rings. The molecule has 5 rings (SSSR count). The predicted octanol–water partition coefficient (Wildman–Crippen LogP) is 4.75. The number of para-hydroxylation sites is 1. The van der Waals surface area contributed by atoms with Gasteiger partial charge in [-0.1, -0.05) is 23.5 Å². The lowest BCUT2D eigenvalue weighted by molar-refractivity contribution is 0.0782. The molecular weight excluding hydrogens is 377 g/mol. The zero-order valence-electron chi connectivity index (χ0n) is 15.4. The molecule has 1 N–H and O–H groups in total. The third kappa shape index (κ3) is 3.56. The van der Waals surface area contributed by atoms with Gasteiger partial charge in [-0.3, -0.25) is 0 Å². The average molecular weight is 399 g/mol. The van der Waals surface area contributed by atoms with Gasteiger partial charge in [-0.2, -0.15) is 0 Å². The number of hydrogen-bond acceptors (Lipinski definition) is 6. The van der Waals surface area contributed by atoms with Gasteiger partial charge in [0.2, 0.25) is 5.88 Å². The summed E-state index contributed by atoms with van der Waals surface area (Å²) in [6.07, 6.45) is 4.89. The lowest BCUT2D eigenvalue weighted by atomic mass is 9.89. The van der Waals surface area contributed by atoms with Gasteiger partial charge in [-0.05, 0) is 37.0 Å². The Bertz CT molecular complexity index is 934. The summed E-state index contributed by atoms with van der Waals surface area (Å²) in [5, 5.41) is 4.43. The largest absolute Gasteiger partial charge is 0.474 e. The lowest BCUT2D eigenvalue weighted by Gasteiger charge is -2.36. The molecule has 1 aliphatic carbocycles. The lowest BCUT2D eigenvalue weighted by Crippen LogP contribution is -2.42. The molecule has 146 valence electrons. The van der Waals surface area contributed by atoms with Crippen LogP contribution in [0.5, 0.6) is 5.88 Å². The minimum atomic E-state index is -0.222. The summed E-state index contributed by atoms with van der Waals surface area (Å²) in [5.41, 5.74) is 1.64. The van der Waals surface area contributed by atoms with Crippen LogP contribution in [0, 0.1) is 5.82 Å². The van der Waals surface area contributed by atoms with Crippen LogP contribution < -0.4 is 10.1 Å². The van der Waals surface area contributed by atoms with Crippen LogP contribution >= 0.6 is 11.3 Å². The number of ether oxygens (including phenoxy) is 2. The molecule has 3 aromatic rings. The van der Waals surface area contributed by atoms with Crippen LogP contribution in [0.25, 0.3) is 10.2 Å². The molecule has 7 heteroatoms. The molecular formula is C21H22FN3O2S. The first-order chi connectivity index (χ1) is 13.8. The van der Waals surface area contributed by atoms with Crippen molar-refractivity contribution in [1.82, 2.24) is 9.97 Å². The van der Waals surface area contributed by atoms with E-state index in [2.05, 4.69) is 21.4 Å². The maximum Gasteiger partial charge on any atom is 0.220 e. The Kier molecular flexibility index (Phi) is 4.86. The predicted molar refractivity (Wildman–Crippen MR) is 108 cm³/mol. The summed E-state index contributed by atoms with van der Waals surface area (Å²) >= 11 is 1.67. The maximum absolute atomic E-state index is 14.5. The monoisotopic (exact) mass is 399 g/mol. The molecule has 0 spiro atoms. The zero-order chi connectivity index (χ0) is 18.9. The van der Waals surface area contributed by atoms with E-state index in [4.69, 9.17) is 9.47 Å². The van der Waals surface area contributed by atoms with Gasteiger partial charge in [0.25, 0.3) is 0 Å². The van der Waals surface area contributed by atoms with Gasteiger partial charge < -0.3 is 14.8 Å². The molecule has 0 radical (unpaired) electrons. The van der Waals surface area contributed by atoms with Gasteiger partial charge in [0.05, 0.1) is 15.8 Å². The number of anilines is 1. The molecule has 2 aliphatic rings. The average Bonchev–Trinajstić information content (AvgIpc) is 3.09. The van der Waals surface area contributed by atoms with Gasteiger partial charge >= 0.3 is 0 Å². The number of nitrogens with zero attached hydrogens (tertiary/aromatic N) is 2. The molecule has 5 nitrogen and oxygen atoms in total. The van der Waals surface area contributed by atoms with Gasteiger partial charge in [-0.25, -0.2) is 14.4 Å². The van der Waals surface area contributed by atoms with Crippen molar-refractivity contribution in [2.24, 2.45) is 0 Å². The number of thiazole rings is 1. The van der Waals surface area contributed by atoms with E-state index in [9.17, 15) is 4.39 Å². The molecule has 1 aromatic carbocycles. The number of pyridine rings is 1. The van der Waals surface area contributed by atoms with E-state index >= 15 is 0 Å². The van der Waals surface area contributed by atoms with E-state index in [-0.39, 0.29) is 17.8 Å². The Morgan fingerprint density at radius 2 is 1.96 bits per heavy atom. The molecule has 0 atom stereocenters. The first-order valence-corrected chi connectivity index (χ1v) is 10.6. The van der Waals surface area contributed by atoms with E-state index in [0.717, 1.165) is 36.3 Å². The van der Waals surface area contributed by atoms with Crippen LogP contribution in [0.3, 0.4) is 0 Å². The van der Waals surface area contributed by atoms with E-state index < -0.39 is 0 Å². The fraction of sp³-hybridized carbons (Fsp3) is 0.429. The number of nitrogens with one attached hydrogen (secondary N) is 1. The van der Waals surface area contributed by atoms with E-state index in [0.29, 0.717) is 30.7 Å². The zero-order valence-corrected chi connectivity index (χ0v) is 16.3. The summed E-state index contributed by atoms with van der Waals surface area (Å²) in [4.78, 5) is 8.96. The van der Waals surface area contributed by atoms with Crippen LogP contribution in [0.1, 0.15) is 37.2 Å². The van der Waals surface area contributed by atoms with Crippen LogP contribution in [0.15, 0.2) is 36.5 Å². The number of fused-ring (bicyclic) bond motifs is 1. The molecule has 2 aromatic heterocycles. The van der Waals surface area contributed by atoms with Crippen molar-refractivity contribution in [3.63, 3.8) is 0 Å². The Morgan fingerprint density at radius 3 is 2.79 bits per heavy atom. The third-order valence-corrected chi connectivity index (χ3v) is 6.49. The van der Waals surface area contributed by atoms with Crippen LogP contribution in [0.4, 0.5) is 9.52 Å². The Hall–Kier alpha value is -2.25. The Balaban J connectivity index is 1.22. The van der Waals surface area contributed by atoms with Crippen molar-refractivity contribution in [2.45, 2.75) is 43.7 Å². The minimum Gasteiger partial charge on any atom is -0.474 e. The summed E-state index contributed by atoms with van der Waals surface area (Å²) in [5.74, 6) is 0.352. The highest BCUT2D eigenvalue weighted by Crippen LogP contribution is 2.37. The summed E-state index contributed by atoms with van der Waals surface area (Å²) in [6, 6.07) is 9.89. The number of benzene rings is 1. The van der Waals surface area contributed by atoms with Crippen LogP contribution in [0.2, 0.25) is 0 Å². The quantitative estimate of drug-likeness (QED) is 0.671. The summed E-state index contributed by atoms with van der Waals surface area (Å²) in [7, 11) is 0. The van der Waals surface area contributed by atoms with Gasteiger partial charge in [0.1, 0.15) is 11.9 Å². The first kappa shape index (κ1) is 17.8. The molecule has 0 bridgehead atoms. The minimum absolute atomic E-state index is 0.0553. The molecule has 0 amide bonds. The molecule has 1 saturated heterocycles. The number of aromatic nitrogens is 2. The third-order valence-electron chi connectivity index (χ3n) is 5.52. The van der Waals surface area contributed by atoms with Crippen molar-refractivity contribution in [3.05, 3.63) is 47.9 Å². The topological polar surface area (TPSA) is 56.3 Å². The van der Waals surface area contributed by atoms with E-state index in [1.54, 1.807) is 11.3 Å². The summed E-state index contributed by atoms with van der Waals surface area (Å²) in [6.45, 7) is 1.33. The standard InChI is InChI=1S/C21H22FN3O2S/c22-16-5-8-23-20(19(16)13-6-9-26-10-7-13)27-15-11-14(12-15)24-21-25-17-3-1-2-4-18(17)28-21/h1-5,8,13-15H,6-7,9-12H2,(H,24,25). The second kappa shape index (κ2) is 7.64. The van der Waals surface area contributed by atoms with Crippen LogP contribution in [-0.4, -0.2) is 35.3 Å². The fourth-order valence-electron chi connectivity index (χ4n) is 3.93. The number of rotatable bonds is 5. The van der Waals surface area contributed by atoms with Crippen molar-refractivity contribution >= 4 is 26.7 Å². The SMILES string of the molecule is Fc1ccnc(OC2CC(Nc3nc4ccccc4s3)C2)c1C1CCOCC1. The highest BCUT2D eigenvalue weighted by atomic mass is 32.1. The van der Waals surface area contributed by atoms with Crippen molar-refractivity contribution in [2.75, 3.05) is 18.5 Å². The summed E-state index contributed by atoms with van der Waals surface area (Å²) < 4.78 is 27.2. The molecule has 0 unspecified atom stereocenters. The van der Waals surface area contributed by atoms with E-state index in [1.165, 1.54) is 17.0 Å². The van der Waals surface area contributed by atoms with Gasteiger partial charge in [0.15, 0.2) is 5.13 Å². The van der Waals surface area contributed by atoms with Gasteiger partial charge in [-0.15, -0.1) is 0 Å². The molecule has 1 saturated carbocycles. The highest BCUT2D eigenvalue weighted by Gasteiger charge is 2.33. The second-order valence-corrected chi connectivity index (χ2v) is 8.47. The fourth-order valence-corrected chi connectivity index (χ4v) is 4.87. The van der Waals surface area contributed by atoms with Crippen LogP contribution in [-0.2, 0) is 4.74 Å². The number of hydrogen-bond donors (Lipinski definition) is 1. The Labute approximate surface area is 166 Å². The van der Waals surface area contributed by atoms with Gasteiger partial charge in [0, 0.05) is 38.3 Å². The van der Waals surface area contributed by atoms with E-state index in [1.807, 2.05) is 18.2 Å². The Morgan fingerprint density at radius 1 is 1.14 bits per heavy atom.